The van der Waals surface area contributed by atoms with Gasteiger partial charge >= 0.3 is 0 Å². The zero-order chi connectivity index (χ0) is 17.5. The summed E-state index contributed by atoms with van der Waals surface area (Å²) in [5.41, 5.74) is 0. The predicted molar refractivity (Wildman–Crippen MR) is 95.1 cm³/mol. The fourth-order valence-corrected chi connectivity index (χ4v) is 3.92. The Morgan fingerprint density at radius 3 is 2.30 bits per heavy atom. The molecule has 0 aromatic carbocycles. The maximum atomic E-state index is 6.40. The Hall–Kier alpha value is 0.0569. The zero-order valence-corrected chi connectivity index (χ0v) is 17.3. The van der Waals surface area contributed by atoms with Gasteiger partial charge in [0.05, 0.1) is 24.9 Å². The molecule has 136 valence electrons. The molecule has 0 unspecified atom stereocenters. The summed E-state index contributed by atoms with van der Waals surface area (Å²) in [6, 6.07) is 0. The average Bonchev–Trinajstić information content (AvgIpc) is 3.16. The smallest absolute Gasteiger partial charge is 0.191 e. The Balaban J connectivity index is 1.90. The molecule has 0 bridgehead atoms. The van der Waals surface area contributed by atoms with Gasteiger partial charge in [-0.25, -0.2) is 0 Å². The molecule has 2 fully saturated rings. The van der Waals surface area contributed by atoms with Gasteiger partial charge in [0.2, 0.25) is 0 Å². The Morgan fingerprint density at radius 2 is 1.78 bits per heavy atom. The van der Waals surface area contributed by atoms with E-state index in [0.717, 1.165) is 26.1 Å². The first-order valence-electron chi connectivity index (χ1n) is 9.01. The van der Waals surface area contributed by atoms with Crippen LogP contribution in [-0.4, -0.2) is 45.6 Å². The predicted octanol–water partition coefficient (Wildman–Crippen LogP) is 4.34. The highest BCUT2D eigenvalue weighted by molar-refractivity contribution is 6.74. The van der Waals surface area contributed by atoms with Crippen LogP contribution in [0.3, 0.4) is 0 Å². The van der Waals surface area contributed by atoms with Crippen molar-refractivity contribution >= 4 is 8.32 Å². The van der Waals surface area contributed by atoms with E-state index in [-0.39, 0.29) is 17.2 Å². The van der Waals surface area contributed by atoms with Crippen LogP contribution in [0.4, 0.5) is 0 Å². The minimum absolute atomic E-state index is 0.187. The number of hydrogen-bond acceptors (Lipinski definition) is 4. The first-order valence-corrected chi connectivity index (χ1v) is 11.9. The lowest BCUT2D eigenvalue weighted by molar-refractivity contribution is -0.309. The van der Waals surface area contributed by atoms with Gasteiger partial charge in [-0.1, -0.05) is 27.7 Å². The van der Waals surface area contributed by atoms with E-state index in [9.17, 15) is 0 Å². The van der Waals surface area contributed by atoms with E-state index >= 15 is 0 Å². The molecule has 5 heteroatoms. The Kier molecular flexibility index (Phi) is 5.69. The summed E-state index contributed by atoms with van der Waals surface area (Å²) in [5, 5.41) is 0.244. The lowest BCUT2D eigenvalue weighted by Gasteiger charge is -2.44. The first-order chi connectivity index (χ1) is 10.4. The van der Waals surface area contributed by atoms with E-state index in [1.54, 1.807) is 0 Å². The van der Waals surface area contributed by atoms with Crippen molar-refractivity contribution in [1.82, 2.24) is 0 Å². The quantitative estimate of drug-likeness (QED) is 0.531. The third-order valence-corrected chi connectivity index (χ3v) is 9.96. The van der Waals surface area contributed by atoms with E-state index in [1.807, 2.05) is 13.8 Å². The van der Waals surface area contributed by atoms with E-state index in [1.165, 1.54) is 0 Å². The fourth-order valence-electron chi connectivity index (χ4n) is 2.80. The zero-order valence-electron chi connectivity index (χ0n) is 16.3. The summed E-state index contributed by atoms with van der Waals surface area (Å²) in [6.45, 7) is 19.4. The molecule has 0 aromatic rings. The summed E-state index contributed by atoms with van der Waals surface area (Å²) in [4.78, 5) is 0. The summed E-state index contributed by atoms with van der Waals surface area (Å²) in [7, 11) is -1.71. The standard InChI is InChI=1S/C18H36O4Si/c1-13(11-20-23(7,8)17(2,3)4)16-10-14(9-15-12-19-15)21-18(5,6)22-16/h13-16H,9-12H2,1-8H3/t13-,14+,15-,16+/m0/s1. The molecule has 23 heavy (non-hydrogen) atoms. The van der Waals surface area contributed by atoms with Crippen molar-refractivity contribution in [1.29, 1.82) is 0 Å². The van der Waals surface area contributed by atoms with E-state index in [0.29, 0.717) is 12.0 Å². The average molecular weight is 345 g/mol. The van der Waals surface area contributed by atoms with Crippen LogP contribution in [0.2, 0.25) is 18.1 Å². The van der Waals surface area contributed by atoms with E-state index < -0.39 is 14.1 Å². The van der Waals surface area contributed by atoms with Gasteiger partial charge in [0.1, 0.15) is 0 Å². The molecule has 0 saturated carbocycles. The van der Waals surface area contributed by atoms with Crippen LogP contribution >= 0.6 is 0 Å². The van der Waals surface area contributed by atoms with Crippen molar-refractivity contribution in [3.8, 4) is 0 Å². The highest BCUT2D eigenvalue weighted by atomic mass is 28.4. The second-order valence-electron chi connectivity index (χ2n) is 9.27. The highest BCUT2D eigenvalue weighted by Crippen LogP contribution is 2.38. The summed E-state index contributed by atoms with van der Waals surface area (Å²) in [6.07, 6.45) is 2.73. The molecule has 0 aromatic heterocycles. The van der Waals surface area contributed by atoms with Crippen molar-refractivity contribution in [2.45, 2.75) is 96.6 Å². The molecule has 0 amide bonds. The Labute approximate surface area is 143 Å². The van der Waals surface area contributed by atoms with Crippen molar-refractivity contribution in [3.63, 3.8) is 0 Å². The van der Waals surface area contributed by atoms with Gasteiger partial charge in [-0.3, -0.25) is 0 Å². The van der Waals surface area contributed by atoms with Gasteiger partial charge in [0, 0.05) is 25.4 Å². The molecule has 4 nitrogen and oxygen atoms in total. The van der Waals surface area contributed by atoms with Crippen molar-refractivity contribution in [3.05, 3.63) is 0 Å². The molecule has 4 atom stereocenters. The van der Waals surface area contributed by atoms with Crippen LogP contribution in [0.1, 0.15) is 54.4 Å². The molecule has 0 spiro atoms. The van der Waals surface area contributed by atoms with Gasteiger partial charge in [-0.15, -0.1) is 0 Å². The van der Waals surface area contributed by atoms with Crippen LogP contribution in [0.5, 0.6) is 0 Å². The molecule has 2 heterocycles. The van der Waals surface area contributed by atoms with Crippen molar-refractivity contribution in [2.24, 2.45) is 5.92 Å². The summed E-state index contributed by atoms with van der Waals surface area (Å²) < 4.78 is 24.0. The normalized spacial score (nSPS) is 32.6. The SMILES string of the molecule is C[C@@H](CO[Si](C)(C)C(C)(C)C)[C@H]1C[C@@H](C[C@H]2CO2)OC(C)(C)O1. The van der Waals surface area contributed by atoms with E-state index in [2.05, 4.69) is 40.8 Å². The van der Waals surface area contributed by atoms with Crippen molar-refractivity contribution < 1.29 is 18.6 Å². The van der Waals surface area contributed by atoms with E-state index in [4.69, 9.17) is 18.6 Å². The summed E-state index contributed by atoms with van der Waals surface area (Å²) in [5.74, 6) is -0.150. The number of hydrogen-bond donors (Lipinski definition) is 0. The third kappa shape index (κ3) is 5.53. The largest absolute Gasteiger partial charge is 0.416 e. The van der Waals surface area contributed by atoms with Gasteiger partial charge in [0.15, 0.2) is 14.1 Å². The molecule has 2 aliphatic heterocycles. The molecular formula is C18H36O4Si. The van der Waals surface area contributed by atoms with Gasteiger partial charge in [0.25, 0.3) is 0 Å². The lowest BCUT2D eigenvalue weighted by Crippen LogP contribution is -2.49. The third-order valence-electron chi connectivity index (χ3n) is 5.46. The van der Waals surface area contributed by atoms with Gasteiger partial charge in [-0.2, -0.15) is 0 Å². The maximum Gasteiger partial charge on any atom is 0.191 e. The molecule has 0 radical (unpaired) electrons. The van der Waals surface area contributed by atoms with Crippen LogP contribution in [0, 0.1) is 5.92 Å². The molecular weight excluding hydrogens is 308 g/mol. The van der Waals surface area contributed by atoms with Crippen LogP contribution < -0.4 is 0 Å². The van der Waals surface area contributed by atoms with Gasteiger partial charge in [-0.05, 0) is 32.0 Å². The number of ether oxygens (including phenoxy) is 3. The van der Waals surface area contributed by atoms with Crippen molar-refractivity contribution in [2.75, 3.05) is 13.2 Å². The second-order valence-corrected chi connectivity index (χ2v) is 14.1. The van der Waals surface area contributed by atoms with Crippen LogP contribution in [0.25, 0.3) is 0 Å². The molecule has 2 aliphatic rings. The Bertz CT molecular complexity index is 398. The Morgan fingerprint density at radius 1 is 1.17 bits per heavy atom. The monoisotopic (exact) mass is 344 g/mol. The first kappa shape index (κ1) is 19.4. The summed E-state index contributed by atoms with van der Waals surface area (Å²) >= 11 is 0. The molecule has 2 saturated heterocycles. The number of epoxide rings is 1. The number of rotatable bonds is 6. The van der Waals surface area contributed by atoms with Crippen LogP contribution in [-0.2, 0) is 18.6 Å². The minimum Gasteiger partial charge on any atom is -0.416 e. The topological polar surface area (TPSA) is 40.2 Å². The maximum absolute atomic E-state index is 6.40. The minimum atomic E-state index is -1.71. The lowest BCUT2D eigenvalue weighted by atomic mass is 9.95. The fraction of sp³-hybridized carbons (Fsp3) is 1.00. The molecule has 0 N–H and O–H groups in total. The second kappa shape index (κ2) is 6.75. The van der Waals surface area contributed by atoms with Gasteiger partial charge < -0.3 is 18.6 Å². The van der Waals surface area contributed by atoms with Crippen LogP contribution in [0.15, 0.2) is 0 Å². The molecule has 2 rings (SSSR count). The molecule has 0 aliphatic carbocycles. The highest BCUT2D eigenvalue weighted by Gasteiger charge is 2.42.